The van der Waals surface area contributed by atoms with Gasteiger partial charge < -0.3 is 9.84 Å². The maximum atomic E-state index is 13.4. The number of ether oxygens (including phenoxy) is 1. The average molecular weight is 295 g/mol. The number of halogens is 1. The van der Waals surface area contributed by atoms with Gasteiger partial charge in [-0.2, -0.15) is 0 Å². The van der Waals surface area contributed by atoms with Crippen molar-refractivity contribution in [3.05, 3.63) is 35.6 Å². The summed E-state index contributed by atoms with van der Waals surface area (Å²) < 4.78 is 18.9. The summed E-state index contributed by atoms with van der Waals surface area (Å²) in [7, 11) is 0. The number of piperidine rings is 1. The fourth-order valence-electron chi connectivity index (χ4n) is 3.05. The lowest BCUT2D eigenvalue weighted by molar-refractivity contribution is -0.0140. The molecule has 21 heavy (non-hydrogen) atoms. The van der Waals surface area contributed by atoms with Gasteiger partial charge in [0.25, 0.3) is 0 Å². The maximum Gasteiger partial charge on any atom is 0.128 e. The van der Waals surface area contributed by atoms with Crippen LogP contribution in [0.3, 0.4) is 0 Å². The topological polar surface area (TPSA) is 32.7 Å². The van der Waals surface area contributed by atoms with E-state index in [1.165, 1.54) is 25.3 Å². The number of aliphatic hydroxyl groups excluding tert-OH is 1. The molecule has 2 rings (SSSR count). The summed E-state index contributed by atoms with van der Waals surface area (Å²) in [5, 5.41) is 10.1. The molecule has 3 nitrogen and oxygen atoms in total. The van der Waals surface area contributed by atoms with Crippen molar-refractivity contribution >= 4 is 0 Å². The molecule has 0 radical (unpaired) electrons. The van der Waals surface area contributed by atoms with Crippen LogP contribution in [0, 0.1) is 5.82 Å². The van der Waals surface area contributed by atoms with Gasteiger partial charge in [-0.05, 0) is 32.8 Å². The van der Waals surface area contributed by atoms with Gasteiger partial charge in [-0.25, -0.2) is 4.39 Å². The van der Waals surface area contributed by atoms with Crippen molar-refractivity contribution in [1.82, 2.24) is 4.90 Å². The van der Waals surface area contributed by atoms with Crippen LogP contribution in [-0.4, -0.2) is 41.3 Å². The summed E-state index contributed by atoms with van der Waals surface area (Å²) in [6.07, 6.45) is 3.11. The van der Waals surface area contributed by atoms with Gasteiger partial charge in [-0.1, -0.05) is 24.6 Å². The zero-order valence-electron chi connectivity index (χ0n) is 13.0. The molecule has 118 valence electrons. The highest BCUT2D eigenvalue weighted by molar-refractivity contribution is 5.16. The Kier molecular flexibility index (Phi) is 6.15. The molecule has 0 aromatic heterocycles. The molecule has 1 aromatic rings. The molecule has 0 saturated carbocycles. The molecule has 1 aliphatic heterocycles. The second-order valence-corrected chi connectivity index (χ2v) is 6.09. The molecular weight excluding hydrogens is 269 g/mol. The molecular formula is C17H26FNO2. The first kappa shape index (κ1) is 16.4. The molecule has 4 heteroatoms. The lowest BCUT2D eigenvalue weighted by Crippen LogP contribution is -2.48. The van der Waals surface area contributed by atoms with Gasteiger partial charge in [-0.3, -0.25) is 4.90 Å². The lowest BCUT2D eigenvalue weighted by Gasteiger charge is -2.40. The SMILES string of the molecule is C[C@@H]1CCC[C@H](C)N1C[C@@H](O)COCc1ccccc1F. The van der Waals surface area contributed by atoms with Crippen LogP contribution in [-0.2, 0) is 11.3 Å². The molecule has 0 aliphatic carbocycles. The van der Waals surface area contributed by atoms with Crippen LogP contribution in [0.5, 0.6) is 0 Å². The Labute approximate surface area is 126 Å². The predicted molar refractivity (Wildman–Crippen MR) is 81.5 cm³/mol. The van der Waals surface area contributed by atoms with Crippen molar-refractivity contribution in [1.29, 1.82) is 0 Å². The van der Waals surface area contributed by atoms with Crippen molar-refractivity contribution in [3.8, 4) is 0 Å². The fourth-order valence-corrected chi connectivity index (χ4v) is 3.05. The minimum Gasteiger partial charge on any atom is -0.389 e. The Morgan fingerprint density at radius 3 is 2.62 bits per heavy atom. The number of β-amino-alcohol motifs (C(OH)–C–C–N with tert-alkyl or cyclic N) is 1. The van der Waals surface area contributed by atoms with Gasteiger partial charge >= 0.3 is 0 Å². The van der Waals surface area contributed by atoms with E-state index < -0.39 is 6.10 Å². The zero-order chi connectivity index (χ0) is 15.2. The van der Waals surface area contributed by atoms with E-state index in [-0.39, 0.29) is 19.0 Å². The molecule has 1 aromatic carbocycles. The summed E-state index contributed by atoms with van der Waals surface area (Å²) in [6.45, 7) is 5.49. The van der Waals surface area contributed by atoms with E-state index in [1.807, 2.05) is 0 Å². The maximum absolute atomic E-state index is 13.4. The van der Waals surface area contributed by atoms with Gasteiger partial charge in [0.05, 0.1) is 19.3 Å². The van der Waals surface area contributed by atoms with E-state index in [2.05, 4.69) is 18.7 Å². The van der Waals surface area contributed by atoms with Gasteiger partial charge in [0, 0.05) is 24.2 Å². The molecule has 0 amide bonds. The van der Waals surface area contributed by atoms with E-state index in [0.29, 0.717) is 24.2 Å². The first-order chi connectivity index (χ1) is 10.1. The van der Waals surface area contributed by atoms with Crippen molar-refractivity contribution in [3.63, 3.8) is 0 Å². The van der Waals surface area contributed by atoms with Crippen LogP contribution in [0.4, 0.5) is 4.39 Å². The van der Waals surface area contributed by atoms with E-state index in [9.17, 15) is 9.50 Å². The number of hydrogen-bond donors (Lipinski definition) is 1. The fraction of sp³-hybridized carbons (Fsp3) is 0.647. The Morgan fingerprint density at radius 1 is 1.29 bits per heavy atom. The Bertz CT molecular complexity index is 431. The van der Waals surface area contributed by atoms with Crippen molar-refractivity contribution < 1.29 is 14.2 Å². The van der Waals surface area contributed by atoms with E-state index in [1.54, 1.807) is 18.2 Å². The van der Waals surface area contributed by atoms with Gasteiger partial charge in [-0.15, -0.1) is 0 Å². The quantitative estimate of drug-likeness (QED) is 0.876. The summed E-state index contributed by atoms with van der Waals surface area (Å²) in [5.41, 5.74) is 0.532. The summed E-state index contributed by atoms with van der Waals surface area (Å²) in [4.78, 5) is 2.35. The molecule has 1 fully saturated rings. The van der Waals surface area contributed by atoms with Crippen molar-refractivity contribution in [2.24, 2.45) is 0 Å². The third kappa shape index (κ3) is 4.77. The highest BCUT2D eigenvalue weighted by Gasteiger charge is 2.26. The van der Waals surface area contributed by atoms with E-state index in [4.69, 9.17) is 4.74 Å². The predicted octanol–water partition coefficient (Wildman–Crippen LogP) is 2.97. The normalized spacial score (nSPS) is 25.0. The number of hydrogen-bond acceptors (Lipinski definition) is 3. The standard InChI is InChI=1S/C17H26FNO2/c1-13-6-5-7-14(2)19(13)10-16(20)12-21-11-15-8-3-4-9-17(15)18/h3-4,8-9,13-14,16,20H,5-7,10-12H2,1-2H3/t13-,14+,16-/m1/s1. The average Bonchev–Trinajstić information content (AvgIpc) is 2.45. The lowest BCUT2D eigenvalue weighted by atomic mass is 9.97. The molecule has 1 saturated heterocycles. The second kappa shape index (κ2) is 7.87. The minimum atomic E-state index is -0.528. The van der Waals surface area contributed by atoms with E-state index in [0.717, 1.165) is 0 Å². The minimum absolute atomic E-state index is 0.203. The van der Waals surface area contributed by atoms with Gasteiger partial charge in [0.2, 0.25) is 0 Å². The number of aliphatic hydroxyl groups is 1. The monoisotopic (exact) mass is 295 g/mol. The second-order valence-electron chi connectivity index (χ2n) is 6.09. The number of benzene rings is 1. The summed E-state index contributed by atoms with van der Waals surface area (Å²) in [6, 6.07) is 7.59. The van der Waals surface area contributed by atoms with Crippen LogP contribution >= 0.6 is 0 Å². The molecule has 0 bridgehead atoms. The highest BCUT2D eigenvalue weighted by atomic mass is 19.1. The summed E-state index contributed by atoms with van der Waals surface area (Å²) >= 11 is 0. The number of rotatable bonds is 6. The first-order valence-electron chi connectivity index (χ1n) is 7.83. The first-order valence-corrected chi connectivity index (χ1v) is 7.83. The molecule has 1 aliphatic rings. The van der Waals surface area contributed by atoms with Gasteiger partial charge in [0.15, 0.2) is 0 Å². The van der Waals surface area contributed by atoms with Crippen molar-refractivity contribution in [2.45, 2.75) is 57.9 Å². The van der Waals surface area contributed by atoms with Crippen molar-refractivity contribution in [2.75, 3.05) is 13.2 Å². The Hall–Kier alpha value is -0.970. The molecule has 3 atom stereocenters. The Balaban J connectivity index is 1.74. The highest BCUT2D eigenvalue weighted by Crippen LogP contribution is 2.22. The Morgan fingerprint density at radius 2 is 1.95 bits per heavy atom. The van der Waals surface area contributed by atoms with Crippen LogP contribution in [0.25, 0.3) is 0 Å². The smallest absolute Gasteiger partial charge is 0.128 e. The van der Waals surface area contributed by atoms with Crippen LogP contribution in [0.15, 0.2) is 24.3 Å². The van der Waals surface area contributed by atoms with E-state index >= 15 is 0 Å². The third-order valence-electron chi connectivity index (χ3n) is 4.32. The number of nitrogens with zero attached hydrogens (tertiary/aromatic N) is 1. The number of likely N-dealkylation sites (tertiary alicyclic amines) is 1. The molecule has 1 N–H and O–H groups in total. The third-order valence-corrected chi connectivity index (χ3v) is 4.32. The summed E-state index contributed by atoms with van der Waals surface area (Å²) in [5.74, 6) is -0.259. The molecule has 0 unspecified atom stereocenters. The molecule has 0 spiro atoms. The molecule has 1 heterocycles. The van der Waals surface area contributed by atoms with Crippen LogP contribution in [0.1, 0.15) is 38.7 Å². The van der Waals surface area contributed by atoms with Gasteiger partial charge in [0.1, 0.15) is 5.82 Å². The largest absolute Gasteiger partial charge is 0.389 e. The van der Waals surface area contributed by atoms with Crippen LogP contribution < -0.4 is 0 Å². The zero-order valence-corrected chi connectivity index (χ0v) is 13.0. The van der Waals surface area contributed by atoms with Crippen LogP contribution in [0.2, 0.25) is 0 Å².